The van der Waals surface area contributed by atoms with Crippen molar-refractivity contribution in [2.45, 2.75) is 24.3 Å². The van der Waals surface area contributed by atoms with Crippen LogP contribution in [0.2, 0.25) is 0 Å². The van der Waals surface area contributed by atoms with Crippen LogP contribution in [0.15, 0.2) is 71.9 Å². The lowest BCUT2D eigenvalue weighted by atomic mass is 10.1. The number of carbonyl (C=O) groups is 1. The molecule has 6 nitrogen and oxygen atoms in total. The number of rotatable bonds is 7. The molecule has 0 bridgehead atoms. The minimum absolute atomic E-state index is 0.0318. The molecule has 0 aliphatic carbocycles. The smallest absolute Gasteiger partial charge is 0.240 e. The SMILES string of the molecule is CC(NC(=O)CCNS(=O)(=O)c1ccc2ccccc2c1)c1ccncc1. The Labute approximate surface area is 158 Å². The highest BCUT2D eigenvalue weighted by Gasteiger charge is 2.15. The van der Waals surface area contributed by atoms with Crippen LogP contribution in [0, 0.1) is 0 Å². The summed E-state index contributed by atoms with van der Waals surface area (Å²) in [5.74, 6) is -0.222. The number of nitrogens with zero attached hydrogens (tertiary/aromatic N) is 1. The summed E-state index contributed by atoms with van der Waals surface area (Å²) >= 11 is 0. The second-order valence-electron chi connectivity index (χ2n) is 6.23. The molecule has 7 heteroatoms. The Bertz CT molecular complexity index is 1040. The molecular weight excluding hydrogens is 362 g/mol. The topological polar surface area (TPSA) is 88.2 Å². The highest BCUT2D eigenvalue weighted by atomic mass is 32.2. The van der Waals surface area contributed by atoms with E-state index in [1.807, 2.05) is 43.3 Å². The molecule has 0 aliphatic heterocycles. The normalized spacial score (nSPS) is 12.6. The van der Waals surface area contributed by atoms with E-state index < -0.39 is 10.0 Å². The lowest BCUT2D eigenvalue weighted by Crippen LogP contribution is -2.32. The van der Waals surface area contributed by atoms with E-state index in [4.69, 9.17) is 0 Å². The Balaban J connectivity index is 1.56. The van der Waals surface area contributed by atoms with Gasteiger partial charge in [-0.3, -0.25) is 9.78 Å². The van der Waals surface area contributed by atoms with Crippen molar-refractivity contribution in [2.75, 3.05) is 6.54 Å². The van der Waals surface area contributed by atoms with Crippen LogP contribution in [0.5, 0.6) is 0 Å². The monoisotopic (exact) mass is 383 g/mol. The predicted molar refractivity (Wildman–Crippen MR) is 105 cm³/mol. The maximum absolute atomic E-state index is 12.5. The van der Waals surface area contributed by atoms with E-state index in [0.717, 1.165) is 16.3 Å². The summed E-state index contributed by atoms with van der Waals surface area (Å²) in [4.78, 5) is 16.2. The molecule has 2 N–H and O–H groups in total. The number of hydrogen-bond acceptors (Lipinski definition) is 4. The summed E-state index contributed by atoms with van der Waals surface area (Å²) in [5, 5.41) is 4.67. The number of benzene rings is 2. The largest absolute Gasteiger partial charge is 0.350 e. The van der Waals surface area contributed by atoms with Gasteiger partial charge < -0.3 is 5.32 Å². The Morgan fingerprint density at radius 1 is 1.04 bits per heavy atom. The molecule has 1 atom stereocenters. The van der Waals surface area contributed by atoms with Crippen molar-refractivity contribution >= 4 is 26.7 Å². The first-order chi connectivity index (χ1) is 13.0. The van der Waals surface area contributed by atoms with Crippen molar-refractivity contribution in [1.82, 2.24) is 15.0 Å². The van der Waals surface area contributed by atoms with E-state index in [1.165, 1.54) is 0 Å². The minimum Gasteiger partial charge on any atom is -0.350 e. The van der Waals surface area contributed by atoms with Gasteiger partial charge in [-0.05, 0) is 47.5 Å². The van der Waals surface area contributed by atoms with E-state index in [9.17, 15) is 13.2 Å². The molecule has 1 unspecified atom stereocenters. The van der Waals surface area contributed by atoms with Gasteiger partial charge in [0.15, 0.2) is 0 Å². The molecule has 0 spiro atoms. The van der Waals surface area contributed by atoms with E-state index in [0.29, 0.717) is 0 Å². The molecule has 3 rings (SSSR count). The average Bonchev–Trinajstić information content (AvgIpc) is 2.68. The third kappa shape index (κ3) is 4.90. The van der Waals surface area contributed by atoms with Crippen molar-refractivity contribution in [1.29, 1.82) is 0 Å². The molecule has 1 aromatic heterocycles. The third-order valence-electron chi connectivity index (χ3n) is 4.26. The van der Waals surface area contributed by atoms with Gasteiger partial charge in [-0.15, -0.1) is 0 Å². The summed E-state index contributed by atoms with van der Waals surface area (Å²) in [6.07, 6.45) is 3.38. The summed E-state index contributed by atoms with van der Waals surface area (Å²) in [7, 11) is -3.67. The molecule has 0 saturated carbocycles. The number of carbonyl (C=O) groups excluding carboxylic acids is 1. The number of aromatic nitrogens is 1. The summed E-state index contributed by atoms with van der Waals surface area (Å²) < 4.78 is 27.4. The van der Waals surface area contributed by atoms with Gasteiger partial charge in [-0.2, -0.15) is 0 Å². The maximum atomic E-state index is 12.5. The fourth-order valence-electron chi connectivity index (χ4n) is 2.77. The summed E-state index contributed by atoms with van der Waals surface area (Å²) in [6, 6.07) is 16.0. The van der Waals surface area contributed by atoms with Crippen molar-refractivity contribution in [3.8, 4) is 0 Å². The van der Waals surface area contributed by atoms with Gasteiger partial charge in [0, 0.05) is 25.4 Å². The highest BCUT2D eigenvalue weighted by Crippen LogP contribution is 2.18. The van der Waals surface area contributed by atoms with Crippen LogP contribution in [-0.4, -0.2) is 25.9 Å². The molecule has 0 radical (unpaired) electrons. The Kier molecular flexibility index (Phi) is 5.83. The molecule has 0 fully saturated rings. The van der Waals surface area contributed by atoms with Crippen molar-refractivity contribution < 1.29 is 13.2 Å². The second-order valence-corrected chi connectivity index (χ2v) is 7.99. The van der Waals surface area contributed by atoms with Crippen LogP contribution in [0.4, 0.5) is 0 Å². The first-order valence-corrected chi connectivity index (χ1v) is 10.1. The quantitative estimate of drug-likeness (QED) is 0.657. The van der Waals surface area contributed by atoms with Gasteiger partial charge in [0.05, 0.1) is 10.9 Å². The second kappa shape index (κ2) is 8.28. The molecule has 1 amide bonds. The van der Waals surface area contributed by atoms with E-state index in [2.05, 4.69) is 15.0 Å². The van der Waals surface area contributed by atoms with Gasteiger partial charge in [0.2, 0.25) is 15.9 Å². The van der Waals surface area contributed by atoms with Crippen LogP contribution < -0.4 is 10.0 Å². The molecule has 0 aliphatic rings. The van der Waals surface area contributed by atoms with Crippen LogP contribution >= 0.6 is 0 Å². The molecule has 0 saturated heterocycles. The number of nitrogens with one attached hydrogen (secondary N) is 2. The van der Waals surface area contributed by atoms with Crippen LogP contribution in [-0.2, 0) is 14.8 Å². The molecule has 1 heterocycles. The van der Waals surface area contributed by atoms with Crippen molar-refractivity contribution in [3.05, 3.63) is 72.6 Å². The molecular formula is C20H21N3O3S. The Hall–Kier alpha value is -2.77. The van der Waals surface area contributed by atoms with Crippen LogP contribution in [0.1, 0.15) is 24.9 Å². The number of amides is 1. The zero-order valence-corrected chi connectivity index (χ0v) is 15.7. The van der Waals surface area contributed by atoms with Gasteiger partial charge in [-0.25, -0.2) is 13.1 Å². The minimum atomic E-state index is -3.67. The van der Waals surface area contributed by atoms with E-state index in [1.54, 1.807) is 30.6 Å². The number of sulfonamides is 1. The first-order valence-electron chi connectivity index (χ1n) is 8.63. The lowest BCUT2D eigenvalue weighted by molar-refractivity contribution is -0.121. The zero-order chi connectivity index (χ0) is 19.3. The third-order valence-corrected chi connectivity index (χ3v) is 5.72. The Morgan fingerprint density at radius 2 is 1.74 bits per heavy atom. The first kappa shape index (κ1) is 19.0. The highest BCUT2D eigenvalue weighted by molar-refractivity contribution is 7.89. The van der Waals surface area contributed by atoms with Crippen LogP contribution in [0.3, 0.4) is 0 Å². The van der Waals surface area contributed by atoms with Crippen molar-refractivity contribution in [3.63, 3.8) is 0 Å². The maximum Gasteiger partial charge on any atom is 0.240 e. The van der Waals surface area contributed by atoms with Crippen molar-refractivity contribution in [2.24, 2.45) is 0 Å². The molecule has 3 aromatic rings. The van der Waals surface area contributed by atoms with Gasteiger partial charge >= 0.3 is 0 Å². The predicted octanol–water partition coefficient (Wildman–Crippen LogP) is 2.78. The fourth-order valence-corrected chi connectivity index (χ4v) is 3.83. The number of fused-ring (bicyclic) bond motifs is 1. The van der Waals surface area contributed by atoms with Crippen LogP contribution in [0.25, 0.3) is 10.8 Å². The fraction of sp³-hybridized carbons (Fsp3) is 0.200. The molecule has 2 aromatic carbocycles. The number of pyridine rings is 1. The summed E-state index contributed by atoms with van der Waals surface area (Å²) in [6.45, 7) is 1.90. The van der Waals surface area contributed by atoms with E-state index >= 15 is 0 Å². The summed E-state index contributed by atoms with van der Waals surface area (Å²) in [5.41, 5.74) is 0.940. The standard InChI is InChI=1S/C20H21N3O3S/c1-15(16-8-11-21-12-9-16)23-20(24)10-13-22-27(25,26)19-7-6-17-4-2-3-5-18(17)14-19/h2-9,11-12,14-15,22H,10,13H2,1H3,(H,23,24). The average molecular weight is 383 g/mol. The van der Waals surface area contributed by atoms with Gasteiger partial charge in [0.25, 0.3) is 0 Å². The zero-order valence-electron chi connectivity index (χ0n) is 14.9. The lowest BCUT2D eigenvalue weighted by Gasteiger charge is -2.14. The van der Waals surface area contributed by atoms with E-state index in [-0.39, 0.29) is 29.8 Å². The number of hydrogen-bond donors (Lipinski definition) is 2. The molecule has 27 heavy (non-hydrogen) atoms. The molecule has 140 valence electrons. The Morgan fingerprint density at radius 3 is 2.48 bits per heavy atom. The van der Waals surface area contributed by atoms with Gasteiger partial charge in [-0.1, -0.05) is 30.3 Å². The van der Waals surface area contributed by atoms with Gasteiger partial charge in [0.1, 0.15) is 0 Å².